The second-order valence-corrected chi connectivity index (χ2v) is 11.0. The monoisotopic (exact) mass is 727 g/mol. The number of piperidine rings is 1. The average molecular weight is 727 g/mol. The third kappa shape index (κ3) is 8.07. The van der Waals surface area contributed by atoms with Gasteiger partial charge in [-0.15, -0.1) is 0 Å². The molecule has 2 aromatic rings. The number of hydrogen-bond acceptors (Lipinski definition) is 7. The van der Waals surface area contributed by atoms with E-state index in [9.17, 15) is 9.90 Å². The zero-order valence-electron chi connectivity index (χ0n) is 22.1. The predicted molar refractivity (Wildman–Crippen MR) is 152 cm³/mol. The SMILES string of the molecule is CCC(=O)C1C(c2ccc3ccccc3c2)CC2CCC1N2CCCN(CC[S-])CC([O-])=NCC[S-].[O-2].[Re]. The van der Waals surface area contributed by atoms with Crippen molar-refractivity contribution in [2.24, 2.45) is 10.9 Å². The van der Waals surface area contributed by atoms with Crippen molar-refractivity contribution >= 4 is 47.7 Å². The average Bonchev–Trinajstić information content (AvgIpc) is 3.17. The summed E-state index contributed by atoms with van der Waals surface area (Å²) in [5, 5.41) is 14.6. The number of ketones is 1. The van der Waals surface area contributed by atoms with Gasteiger partial charge in [0.25, 0.3) is 0 Å². The van der Waals surface area contributed by atoms with E-state index in [1.807, 2.05) is 6.92 Å². The summed E-state index contributed by atoms with van der Waals surface area (Å²) in [6.45, 7) is 5.24. The Morgan fingerprint density at radius 3 is 2.58 bits per heavy atom. The molecule has 4 atom stereocenters. The first-order valence-corrected chi connectivity index (χ1v) is 14.6. The molecule has 2 saturated heterocycles. The van der Waals surface area contributed by atoms with E-state index >= 15 is 0 Å². The summed E-state index contributed by atoms with van der Waals surface area (Å²) < 4.78 is 0. The molecule has 0 aliphatic carbocycles. The zero-order valence-corrected chi connectivity index (χ0v) is 26.4. The normalized spacial score (nSPS) is 23.3. The van der Waals surface area contributed by atoms with Gasteiger partial charge in [0.1, 0.15) is 5.78 Å². The number of benzene rings is 2. The first-order valence-electron chi connectivity index (χ1n) is 13.4. The molecule has 2 heterocycles. The van der Waals surface area contributed by atoms with E-state index in [-0.39, 0.29) is 43.6 Å². The maximum Gasteiger partial charge on any atom is 0.137 e. The molecule has 6 nitrogen and oxygen atoms in total. The van der Waals surface area contributed by atoms with Crippen molar-refractivity contribution in [3.05, 3.63) is 48.0 Å². The Balaban J connectivity index is 0.00000253. The number of rotatable bonds is 13. The van der Waals surface area contributed by atoms with Crippen LogP contribution in [0.2, 0.25) is 0 Å². The Hall–Kier alpha value is -0.918. The summed E-state index contributed by atoms with van der Waals surface area (Å²) in [5.74, 6) is 1.71. The van der Waals surface area contributed by atoms with Crippen molar-refractivity contribution in [2.75, 3.05) is 44.2 Å². The maximum absolute atomic E-state index is 13.3. The summed E-state index contributed by atoms with van der Waals surface area (Å²) in [6.07, 6.45) is 4.85. The van der Waals surface area contributed by atoms with Crippen molar-refractivity contribution in [1.29, 1.82) is 0 Å². The van der Waals surface area contributed by atoms with Gasteiger partial charge in [-0.05, 0) is 73.5 Å². The Morgan fingerprint density at radius 2 is 1.87 bits per heavy atom. The molecule has 2 aliphatic heterocycles. The summed E-state index contributed by atoms with van der Waals surface area (Å²) in [4.78, 5) is 22.1. The van der Waals surface area contributed by atoms with E-state index in [1.165, 1.54) is 16.3 Å². The molecule has 0 saturated carbocycles. The molecule has 4 rings (SSSR count). The molecule has 0 N–H and O–H groups in total. The van der Waals surface area contributed by atoms with E-state index < -0.39 is 0 Å². The van der Waals surface area contributed by atoms with Gasteiger partial charge in [-0.1, -0.05) is 49.4 Å². The molecule has 2 fully saturated rings. The smallest absolute Gasteiger partial charge is 0.137 e. The van der Waals surface area contributed by atoms with Gasteiger partial charge in [0.2, 0.25) is 0 Å². The van der Waals surface area contributed by atoms with Crippen molar-refractivity contribution in [2.45, 2.75) is 57.0 Å². The van der Waals surface area contributed by atoms with E-state index in [2.05, 4.69) is 57.3 Å². The molecular weight excluding hydrogens is 689 g/mol. The van der Waals surface area contributed by atoms with Gasteiger partial charge in [0, 0.05) is 57.9 Å². The van der Waals surface area contributed by atoms with Gasteiger partial charge >= 0.3 is 0 Å². The molecule has 2 bridgehead atoms. The van der Waals surface area contributed by atoms with Gasteiger partial charge in [0.15, 0.2) is 0 Å². The van der Waals surface area contributed by atoms with Crippen LogP contribution in [0.5, 0.6) is 0 Å². The van der Waals surface area contributed by atoms with Gasteiger partial charge in [0.05, 0.1) is 0 Å². The Labute approximate surface area is 252 Å². The number of carbonyl (C=O) groups is 1. The summed E-state index contributed by atoms with van der Waals surface area (Å²) in [6, 6.07) is 16.1. The number of hydrogen-bond donors (Lipinski definition) is 0. The third-order valence-corrected chi connectivity index (χ3v) is 8.39. The fraction of sp³-hybridized carbons (Fsp3) is 0.586. The molecule has 0 spiro atoms. The van der Waals surface area contributed by atoms with Gasteiger partial charge in [-0.25, -0.2) is 0 Å². The second kappa shape index (κ2) is 16.4. The Morgan fingerprint density at radius 1 is 1.11 bits per heavy atom. The summed E-state index contributed by atoms with van der Waals surface area (Å²) in [7, 11) is 0. The maximum atomic E-state index is 13.3. The van der Waals surface area contributed by atoms with E-state index in [0.29, 0.717) is 48.9 Å². The van der Waals surface area contributed by atoms with E-state index in [4.69, 9.17) is 25.3 Å². The van der Waals surface area contributed by atoms with Crippen LogP contribution in [0.25, 0.3) is 10.8 Å². The minimum atomic E-state index is -0.104. The van der Waals surface area contributed by atoms with Crippen molar-refractivity contribution in [3.8, 4) is 0 Å². The van der Waals surface area contributed by atoms with Crippen molar-refractivity contribution in [1.82, 2.24) is 9.80 Å². The van der Waals surface area contributed by atoms with Crippen LogP contribution in [0.4, 0.5) is 0 Å². The molecule has 9 heteroatoms. The Bertz CT molecular complexity index is 1060. The van der Waals surface area contributed by atoms with Crippen LogP contribution in [0.3, 0.4) is 0 Å². The van der Waals surface area contributed by atoms with Crippen molar-refractivity contribution < 1.29 is 35.8 Å². The van der Waals surface area contributed by atoms with Crippen LogP contribution in [0, 0.1) is 5.92 Å². The van der Waals surface area contributed by atoms with Crippen LogP contribution >= 0.6 is 0 Å². The topological polar surface area (TPSA) is 87.5 Å². The summed E-state index contributed by atoms with van der Waals surface area (Å²) >= 11 is 10.1. The van der Waals surface area contributed by atoms with Crippen LogP contribution in [-0.4, -0.2) is 77.8 Å². The van der Waals surface area contributed by atoms with Crippen LogP contribution < -0.4 is 5.11 Å². The van der Waals surface area contributed by atoms with Gasteiger partial charge < -0.3 is 45.7 Å². The minimum Gasteiger partial charge on any atom is -2.00 e. The third-order valence-electron chi connectivity index (χ3n) is 8.02. The molecule has 0 aromatic heterocycles. The molecule has 1 radical (unpaired) electrons. The fourth-order valence-corrected chi connectivity index (χ4v) is 6.75. The molecule has 211 valence electrons. The second-order valence-electron chi connectivity index (χ2n) is 10.1. The fourth-order valence-electron chi connectivity index (χ4n) is 6.41. The van der Waals surface area contributed by atoms with Gasteiger partial charge in [-0.2, -0.15) is 11.5 Å². The van der Waals surface area contributed by atoms with Crippen LogP contribution in [0.1, 0.15) is 50.5 Å². The van der Waals surface area contributed by atoms with Crippen molar-refractivity contribution in [3.63, 3.8) is 0 Å². The largest absolute Gasteiger partial charge is 2.00 e. The first kappa shape index (κ1) is 33.3. The number of fused-ring (bicyclic) bond motifs is 3. The quantitative estimate of drug-likeness (QED) is 0.179. The van der Waals surface area contributed by atoms with Gasteiger partial charge in [-0.3, -0.25) is 9.69 Å². The minimum absolute atomic E-state index is 0. The zero-order chi connectivity index (χ0) is 25.5. The molecule has 38 heavy (non-hydrogen) atoms. The molecule has 0 amide bonds. The first-order chi connectivity index (χ1) is 17.5. The number of carbonyl (C=O) groups excluding carboxylic acids is 1. The summed E-state index contributed by atoms with van der Waals surface area (Å²) in [5.41, 5.74) is 1.31. The molecule has 2 aromatic carbocycles. The number of aliphatic imine (C=N–C) groups is 1. The van der Waals surface area contributed by atoms with Crippen LogP contribution in [-0.2, 0) is 56.0 Å². The Kier molecular flexibility index (Phi) is 14.3. The number of Topliss-reactive ketones (excluding diaryl/α,β-unsaturated/α-hetero) is 1. The number of nitrogens with zero attached hydrogens (tertiary/aromatic N) is 3. The standard InChI is InChI=1S/C29H41N3O2S2.O.Re/c1-2-27(33)29-25(23-9-8-21-6-3-4-7-22(21)18-23)19-24-10-11-26(29)32(24)14-5-13-31(15-17-36)20-28(34)30-12-16-35;;/h3-4,6-9,18,24-26,29,35-36H,2,5,10-17,19-20H2,1H3,(H,30,34);;/q;-2;/p-3. The van der Waals surface area contributed by atoms with Crippen LogP contribution in [0.15, 0.2) is 47.5 Å². The van der Waals surface area contributed by atoms with E-state index in [0.717, 1.165) is 45.3 Å². The molecular formula is C29H38N3O3ReS2-5. The van der Waals surface area contributed by atoms with E-state index in [1.54, 1.807) is 0 Å². The molecule has 2 aliphatic rings. The predicted octanol–water partition coefficient (Wildman–Crippen LogP) is 3.18. The molecule has 4 unspecified atom stereocenters.